The van der Waals surface area contributed by atoms with Crippen molar-refractivity contribution in [1.29, 1.82) is 0 Å². The van der Waals surface area contributed by atoms with E-state index in [0.29, 0.717) is 40.9 Å². The molecule has 33 heavy (non-hydrogen) atoms. The van der Waals surface area contributed by atoms with Gasteiger partial charge in [0.25, 0.3) is 5.91 Å². The summed E-state index contributed by atoms with van der Waals surface area (Å²) in [6.07, 6.45) is 3.33. The van der Waals surface area contributed by atoms with E-state index in [2.05, 4.69) is 5.32 Å². The summed E-state index contributed by atoms with van der Waals surface area (Å²) >= 11 is 6.34. The quantitative estimate of drug-likeness (QED) is 0.591. The molecule has 1 aliphatic carbocycles. The molecule has 1 N–H and O–H groups in total. The number of aromatic nitrogens is 1. The van der Waals surface area contributed by atoms with E-state index in [4.69, 9.17) is 21.3 Å². The van der Waals surface area contributed by atoms with E-state index in [9.17, 15) is 14.4 Å². The molecule has 1 saturated heterocycles. The summed E-state index contributed by atoms with van der Waals surface area (Å²) in [6.45, 7) is 0.153. The third-order valence-electron chi connectivity index (χ3n) is 5.87. The van der Waals surface area contributed by atoms with E-state index >= 15 is 0 Å². The number of allylic oxidation sites excluding steroid dienone is 1. The van der Waals surface area contributed by atoms with Gasteiger partial charge in [0.1, 0.15) is 0 Å². The van der Waals surface area contributed by atoms with Crippen LogP contribution in [0.4, 0.5) is 4.79 Å². The van der Waals surface area contributed by atoms with Crippen LogP contribution in [0, 0.1) is 0 Å². The smallest absolute Gasteiger partial charge is 0.339 e. The molecule has 1 aromatic heterocycles. The zero-order valence-electron chi connectivity index (χ0n) is 17.6. The summed E-state index contributed by atoms with van der Waals surface area (Å²) in [6, 6.07) is 14.5. The molecule has 0 atom stereocenters. The van der Waals surface area contributed by atoms with Crippen molar-refractivity contribution in [3.8, 4) is 0 Å². The molecular formula is C25H20ClN3O4. The summed E-state index contributed by atoms with van der Waals surface area (Å²) in [4.78, 5) is 43.1. The molecule has 1 aliphatic heterocycles. The van der Waals surface area contributed by atoms with E-state index in [0.717, 1.165) is 27.3 Å². The molecule has 3 amide bonds. The number of carbonyl (C=O) groups is 3. The summed E-state index contributed by atoms with van der Waals surface area (Å²) < 4.78 is 5.38. The molecule has 2 heterocycles. The minimum Gasteiger partial charge on any atom is -0.452 e. The second-order valence-electron chi connectivity index (χ2n) is 7.88. The number of hydrogen-bond acceptors (Lipinski definition) is 5. The van der Waals surface area contributed by atoms with Crippen LogP contribution in [-0.2, 0) is 16.0 Å². The number of fused-ring (bicyclic) bond motifs is 2. The van der Waals surface area contributed by atoms with E-state index in [1.807, 2.05) is 54.6 Å². The van der Waals surface area contributed by atoms with Crippen molar-refractivity contribution in [2.75, 3.05) is 19.7 Å². The van der Waals surface area contributed by atoms with Crippen molar-refractivity contribution in [1.82, 2.24) is 15.2 Å². The van der Waals surface area contributed by atoms with Gasteiger partial charge < -0.3 is 10.1 Å². The fourth-order valence-electron chi connectivity index (χ4n) is 4.28. The van der Waals surface area contributed by atoms with Crippen LogP contribution < -0.4 is 5.32 Å². The lowest BCUT2D eigenvalue weighted by Crippen LogP contribution is -2.37. The normalized spacial score (nSPS) is 16.2. The Bertz CT molecular complexity index is 1330. The van der Waals surface area contributed by atoms with E-state index in [1.54, 1.807) is 0 Å². The van der Waals surface area contributed by atoms with Crippen LogP contribution in [0.5, 0.6) is 0 Å². The van der Waals surface area contributed by atoms with Gasteiger partial charge in [0.05, 0.1) is 16.8 Å². The number of benzene rings is 2. The van der Waals surface area contributed by atoms with Gasteiger partial charge in [-0.1, -0.05) is 48.0 Å². The Hall–Kier alpha value is -3.71. The maximum atomic E-state index is 13.2. The average Bonchev–Trinajstić information content (AvgIpc) is 3.43. The van der Waals surface area contributed by atoms with Crippen LogP contribution in [0.3, 0.4) is 0 Å². The first-order valence-electron chi connectivity index (χ1n) is 10.7. The summed E-state index contributed by atoms with van der Waals surface area (Å²) in [5.41, 5.74) is 4.49. The minimum absolute atomic E-state index is 0.263. The van der Waals surface area contributed by atoms with E-state index in [-0.39, 0.29) is 6.54 Å². The lowest BCUT2D eigenvalue weighted by molar-refractivity contribution is -0.130. The molecule has 0 bridgehead atoms. The zero-order chi connectivity index (χ0) is 22.9. The van der Waals surface area contributed by atoms with Crippen LogP contribution in [-0.4, -0.2) is 47.5 Å². The standard InChI is InChI=1S/C25H20ClN3O4/c26-19-7-3-1-5-15(19)13-16-9-10-18-22(17-6-2-4-8-20(17)28-23(16)18)24(31)33-14-21(30)29-12-11-27-25(29)32/h1-8,13H,9-12,14H2,(H,27,32)/b16-13+. The molecule has 0 unspecified atom stereocenters. The number of urea groups is 1. The molecule has 2 aliphatic rings. The number of para-hydroxylation sites is 1. The van der Waals surface area contributed by atoms with E-state index < -0.39 is 24.5 Å². The van der Waals surface area contributed by atoms with Crippen molar-refractivity contribution in [2.24, 2.45) is 0 Å². The second-order valence-corrected chi connectivity index (χ2v) is 8.28. The van der Waals surface area contributed by atoms with Gasteiger partial charge in [0.2, 0.25) is 0 Å². The highest BCUT2D eigenvalue weighted by atomic mass is 35.5. The number of nitrogens with one attached hydrogen (secondary N) is 1. The van der Waals surface area contributed by atoms with Gasteiger partial charge in [-0.3, -0.25) is 9.69 Å². The van der Waals surface area contributed by atoms with Gasteiger partial charge in [-0.15, -0.1) is 0 Å². The second kappa shape index (κ2) is 8.67. The predicted molar refractivity (Wildman–Crippen MR) is 125 cm³/mol. The maximum absolute atomic E-state index is 13.2. The van der Waals surface area contributed by atoms with Crippen molar-refractivity contribution in [3.05, 3.63) is 75.9 Å². The first-order chi connectivity index (χ1) is 16.0. The summed E-state index contributed by atoms with van der Waals surface area (Å²) in [5, 5.41) is 3.87. The van der Waals surface area contributed by atoms with E-state index in [1.165, 1.54) is 0 Å². The van der Waals surface area contributed by atoms with Crippen molar-refractivity contribution in [2.45, 2.75) is 12.8 Å². The molecule has 8 heteroatoms. The van der Waals surface area contributed by atoms with Crippen molar-refractivity contribution < 1.29 is 19.1 Å². The molecule has 3 aromatic rings. The lowest BCUT2D eigenvalue weighted by atomic mass is 10.0. The number of imide groups is 1. The van der Waals surface area contributed by atoms with Crippen LogP contribution in [0.1, 0.15) is 33.6 Å². The number of amides is 3. The number of pyridine rings is 1. The number of esters is 1. The van der Waals surface area contributed by atoms with Crippen molar-refractivity contribution in [3.63, 3.8) is 0 Å². The minimum atomic E-state index is -0.600. The highest BCUT2D eigenvalue weighted by molar-refractivity contribution is 6.32. The third kappa shape index (κ3) is 3.96. The molecule has 0 spiro atoms. The molecule has 7 nitrogen and oxygen atoms in total. The Morgan fingerprint density at radius 3 is 2.70 bits per heavy atom. The van der Waals surface area contributed by atoms with Crippen molar-refractivity contribution >= 4 is 52.1 Å². The molecule has 0 radical (unpaired) electrons. The van der Waals surface area contributed by atoms with Crippen LogP contribution >= 0.6 is 11.6 Å². The average molecular weight is 462 g/mol. The highest BCUT2D eigenvalue weighted by Crippen LogP contribution is 2.38. The topological polar surface area (TPSA) is 88.6 Å². The Balaban J connectivity index is 1.50. The van der Waals surface area contributed by atoms with Gasteiger partial charge in [0, 0.05) is 23.5 Å². The number of halogens is 1. The molecule has 5 rings (SSSR count). The van der Waals surface area contributed by atoms with Crippen LogP contribution in [0.25, 0.3) is 22.6 Å². The summed E-state index contributed by atoms with van der Waals surface area (Å²) in [5.74, 6) is -1.15. The first-order valence-corrected chi connectivity index (χ1v) is 11.0. The largest absolute Gasteiger partial charge is 0.452 e. The van der Waals surface area contributed by atoms with Gasteiger partial charge in [-0.2, -0.15) is 0 Å². The predicted octanol–water partition coefficient (Wildman–Crippen LogP) is 4.08. The number of rotatable bonds is 4. The Morgan fingerprint density at radius 1 is 1.12 bits per heavy atom. The van der Waals surface area contributed by atoms with Gasteiger partial charge in [-0.25, -0.2) is 14.6 Å². The number of ether oxygens (including phenoxy) is 1. The molecule has 1 fully saturated rings. The Morgan fingerprint density at radius 2 is 1.91 bits per heavy atom. The highest BCUT2D eigenvalue weighted by Gasteiger charge is 2.30. The monoisotopic (exact) mass is 461 g/mol. The molecular weight excluding hydrogens is 442 g/mol. The van der Waals surface area contributed by atoms with Crippen LogP contribution in [0.15, 0.2) is 48.5 Å². The third-order valence-corrected chi connectivity index (χ3v) is 6.21. The lowest BCUT2D eigenvalue weighted by Gasteiger charge is -2.14. The SMILES string of the molecule is O=C(OCC(=O)N1CCNC1=O)c1c2c(nc3ccccc13)/C(=C/c1ccccc1Cl)CC2. The number of hydrogen-bond donors (Lipinski definition) is 1. The zero-order valence-corrected chi connectivity index (χ0v) is 18.4. The Labute approximate surface area is 195 Å². The fourth-order valence-corrected chi connectivity index (χ4v) is 4.47. The summed E-state index contributed by atoms with van der Waals surface area (Å²) in [7, 11) is 0. The van der Waals surface area contributed by atoms with Gasteiger partial charge >= 0.3 is 12.0 Å². The Kier molecular flexibility index (Phi) is 5.56. The molecule has 2 aromatic carbocycles. The van der Waals surface area contributed by atoms with Gasteiger partial charge in [0.15, 0.2) is 6.61 Å². The fraction of sp³-hybridized carbons (Fsp3) is 0.200. The first kappa shape index (κ1) is 21.2. The van der Waals surface area contributed by atoms with Crippen LogP contribution in [0.2, 0.25) is 5.02 Å². The number of nitrogens with zero attached hydrogens (tertiary/aromatic N) is 2. The number of carbonyl (C=O) groups excluding carboxylic acids is 3. The maximum Gasteiger partial charge on any atom is 0.339 e. The van der Waals surface area contributed by atoms with Gasteiger partial charge in [-0.05, 0) is 47.8 Å². The molecule has 0 saturated carbocycles. The molecule has 166 valence electrons.